The molecule has 0 bridgehead atoms. The highest BCUT2D eigenvalue weighted by Crippen LogP contribution is 2.44. The molecule has 1 atom stereocenters. The molecule has 0 spiro atoms. The molecule has 1 fully saturated rings. The molecule has 8 nitrogen and oxygen atoms in total. The maximum atomic E-state index is 13.9. The van der Waals surface area contributed by atoms with Gasteiger partial charge in [0.25, 0.3) is 5.78 Å². The number of aliphatic hydroxyl groups is 1. The van der Waals surface area contributed by atoms with Gasteiger partial charge in [-0.3, -0.25) is 14.5 Å². The predicted molar refractivity (Wildman–Crippen MR) is 137 cm³/mol. The number of carbonyl (C=O) groups is 2. The van der Waals surface area contributed by atoms with Crippen molar-refractivity contribution in [3.05, 3.63) is 87.5 Å². The van der Waals surface area contributed by atoms with Crippen LogP contribution < -0.4 is 14.4 Å². The third-order valence-corrected chi connectivity index (χ3v) is 6.52. The zero-order valence-corrected chi connectivity index (χ0v) is 21.1. The van der Waals surface area contributed by atoms with E-state index < -0.39 is 35.1 Å². The molecule has 1 amide bonds. The number of carbonyl (C=O) groups excluding carboxylic acids is 2. The molecule has 2 N–H and O–H groups in total. The number of fused-ring (bicyclic) bond motifs is 1. The highest BCUT2D eigenvalue weighted by molar-refractivity contribution is 6.51. The van der Waals surface area contributed by atoms with E-state index in [1.807, 2.05) is 0 Å². The first kappa shape index (κ1) is 25.2. The van der Waals surface area contributed by atoms with Gasteiger partial charge in [0.15, 0.2) is 11.6 Å². The monoisotopic (exact) mass is 539 g/mol. The van der Waals surface area contributed by atoms with Gasteiger partial charge >= 0.3 is 5.91 Å². The molecule has 1 aliphatic rings. The number of ether oxygens (including phenoxy) is 2. The predicted octanol–water partition coefficient (Wildman–Crippen LogP) is 5.45. The number of Topliss-reactive ketones (excluding diaryl/α,β-unsaturated/α-hetero) is 1. The van der Waals surface area contributed by atoms with E-state index in [2.05, 4.69) is 9.97 Å². The molecule has 11 heteroatoms. The van der Waals surface area contributed by atoms with Crippen LogP contribution in [0.1, 0.15) is 22.7 Å². The Kier molecular flexibility index (Phi) is 6.28. The fourth-order valence-corrected chi connectivity index (χ4v) is 4.89. The largest absolute Gasteiger partial charge is 0.507 e. The van der Waals surface area contributed by atoms with Gasteiger partial charge in [-0.25, -0.2) is 13.8 Å². The number of imidazole rings is 1. The summed E-state index contributed by atoms with van der Waals surface area (Å²) in [5.74, 6) is -4.38. The second-order valence-corrected chi connectivity index (χ2v) is 9.02. The number of rotatable bonds is 5. The SMILES string of the molecule is COc1cccc(C2/C(=C(\O)c3cc(C)cc(Cl)c3OC)C(=O)C(=O)N2c2nc3cc(F)c(F)cc3[nH]2)c1. The number of benzene rings is 3. The number of hydrogen-bond acceptors (Lipinski definition) is 6. The smallest absolute Gasteiger partial charge is 0.302 e. The Labute approximate surface area is 220 Å². The van der Waals surface area contributed by atoms with Crippen LogP contribution >= 0.6 is 11.6 Å². The molecular weight excluding hydrogens is 520 g/mol. The van der Waals surface area contributed by atoms with Crippen molar-refractivity contribution in [1.29, 1.82) is 0 Å². The molecular formula is C27H20ClF2N3O5. The summed E-state index contributed by atoms with van der Waals surface area (Å²) in [5.41, 5.74) is 1.07. The molecule has 0 aliphatic carbocycles. The van der Waals surface area contributed by atoms with Crippen molar-refractivity contribution in [2.45, 2.75) is 13.0 Å². The van der Waals surface area contributed by atoms with Gasteiger partial charge in [0.1, 0.15) is 17.3 Å². The lowest BCUT2D eigenvalue weighted by molar-refractivity contribution is -0.132. The molecule has 194 valence electrons. The average molecular weight is 540 g/mol. The number of aromatic nitrogens is 2. The number of hydrogen-bond donors (Lipinski definition) is 2. The van der Waals surface area contributed by atoms with Crippen molar-refractivity contribution in [3.63, 3.8) is 0 Å². The number of aliphatic hydroxyl groups excluding tert-OH is 1. The number of aryl methyl sites for hydroxylation is 1. The molecule has 0 saturated carbocycles. The standard InChI is InChI=1S/C27H20ClF2N3O5/c1-12-7-15(25(38-3)16(28)8-12)23(34)21-22(13-5-4-6-14(9-13)37-2)33(26(36)24(21)35)27-31-19-10-17(29)18(30)11-20(19)32-27/h4-11,22,34H,1-3H3,(H,31,32)/b23-21+. The van der Waals surface area contributed by atoms with E-state index in [9.17, 15) is 23.5 Å². The fourth-order valence-electron chi connectivity index (χ4n) is 4.54. The average Bonchev–Trinajstić information content (AvgIpc) is 3.40. The second-order valence-electron chi connectivity index (χ2n) is 8.62. The number of methoxy groups -OCH3 is 2. The maximum Gasteiger partial charge on any atom is 0.302 e. The summed E-state index contributed by atoms with van der Waals surface area (Å²) in [6.07, 6.45) is 0. The summed E-state index contributed by atoms with van der Waals surface area (Å²) in [4.78, 5) is 34.9. The van der Waals surface area contributed by atoms with Crippen molar-refractivity contribution in [1.82, 2.24) is 9.97 Å². The third kappa shape index (κ3) is 4.03. The summed E-state index contributed by atoms with van der Waals surface area (Å²) in [5, 5.41) is 11.7. The summed E-state index contributed by atoms with van der Waals surface area (Å²) >= 11 is 6.33. The first-order chi connectivity index (χ1) is 18.1. The van der Waals surface area contributed by atoms with Gasteiger partial charge in [-0.05, 0) is 42.3 Å². The number of halogens is 3. The van der Waals surface area contributed by atoms with Gasteiger partial charge in [-0.1, -0.05) is 23.7 Å². The summed E-state index contributed by atoms with van der Waals surface area (Å²) in [6, 6.07) is 10.4. The third-order valence-electron chi connectivity index (χ3n) is 6.24. The van der Waals surface area contributed by atoms with Crippen molar-refractivity contribution in [2.75, 3.05) is 19.1 Å². The van der Waals surface area contributed by atoms with Crippen LogP contribution in [0.4, 0.5) is 14.7 Å². The van der Waals surface area contributed by atoms with Crippen LogP contribution in [-0.4, -0.2) is 41.0 Å². The summed E-state index contributed by atoms with van der Waals surface area (Å²) < 4.78 is 38.4. The van der Waals surface area contributed by atoms with E-state index in [1.165, 1.54) is 14.2 Å². The van der Waals surface area contributed by atoms with Gasteiger partial charge in [-0.15, -0.1) is 0 Å². The minimum atomic E-state index is -1.19. The quantitative estimate of drug-likeness (QED) is 0.199. The number of nitrogens with one attached hydrogen (secondary N) is 1. The fraction of sp³-hybridized carbons (Fsp3) is 0.148. The molecule has 3 aromatic carbocycles. The Morgan fingerprint density at radius 2 is 1.82 bits per heavy atom. The van der Waals surface area contributed by atoms with Gasteiger partial charge < -0.3 is 19.6 Å². The minimum absolute atomic E-state index is 0.0392. The van der Waals surface area contributed by atoms with Gasteiger partial charge in [-0.2, -0.15) is 0 Å². The lowest BCUT2D eigenvalue weighted by Crippen LogP contribution is -2.30. The summed E-state index contributed by atoms with van der Waals surface area (Å²) in [7, 11) is 2.82. The van der Waals surface area contributed by atoms with Crippen LogP contribution in [0.5, 0.6) is 11.5 Å². The lowest BCUT2D eigenvalue weighted by Gasteiger charge is -2.23. The van der Waals surface area contributed by atoms with Crippen LogP contribution in [0, 0.1) is 18.6 Å². The second kappa shape index (κ2) is 9.46. The van der Waals surface area contributed by atoms with Crippen LogP contribution in [0.2, 0.25) is 5.02 Å². The van der Waals surface area contributed by atoms with Crippen molar-refractivity contribution in [3.8, 4) is 11.5 Å². The zero-order valence-electron chi connectivity index (χ0n) is 20.3. The van der Waals surface area contributed by atoms with Crippen LogP contribution in [-0.2, 0) is 9.59 Å². The normalized spacial score (nSPS) is 16.9. The Hall–Kier alpha value is -4.44. The lowest BCUT2D eigenvalue weighted by atomic mass is 9.94. The molecule has 2 heterocycles. The number of ketones is 1. The number of amides is 1. The number of H-pyrrole nitrogens is 1. The zero-order chi connectivity index (χ0) is 27.3. The van der Waals surface area contributed by atoms with E-state index in [0.717, 1.165) is 17.0 Å². The number of anilines is 1. The van der Waals surface area contributed by atoms with E-state index in [4.69, 9.17) is 21.1 Å². The molecule has 1 saturated heterocycles. The maximum absolute atomic E-state index is 13.9. The Bertz CT molecular complexity index is 1630. The molecule has 1 unspecified atom stereocenters. The van der Waals surface area contributed by atoms with Gasteiger partial charge in [0, 0.05) is 12.1 Å². The van der Waals surface area contributed by atoms with Crippen molar-refractivity contribution in [2.24, 2.45) is 0 Å². The number of aromatic amines is 1. The minimum Gasteiger partial charge on any atom is -0.507 e. The van der Waals surface area contributed by atoms with E-state index in [-0.39, 0.29) is 38.9 Å². The molecule has 1 aliphatic heterocycles. The van der Waals surface area contributed by atoms with E-state index in [0.29, 0.717) is 16.9 Å². The number of nitrogens with zero attached hydrogens (tertiary/aromatic N) is 2. The Balaban J connectivity index is 1.79. The topological polar surface area (TPSA) is 105 Å². The molecule has 4 aromatic rings. The Morgan fingerprint density at radius 1 is 1.08 bits per heavy atom. The highest BCUT2D eigenvalue weighted by atomic mass is 35.5. The van der Waals surface area contributed by atoms with Crippen LogP contribution in [0.25, 0.3) is 16.8 Å². The van der Waals surface area contributed by atoms with Crippen LogP contribution in [0.15, 0.2) is 54.1 Å². The van der Waals surface area contributed by atoms with Crippen molar-refractivity contribution < 1.29 is 33.0 Å². The van der Waals surface area contributed by atoms with Crippen LogP contribution in [0.3, 0.4) is 0 Å². The van der Waals surface area contributed by atoms with Gasteiger partial charge in [0.05, 0.1) is 47.5 Å². The molecule has 38 heavy (non-hydrogen) atoms. The summed E-state index contributed by atoms with van der Waals surface area (Å²) in [6.45, 7) is 1.74. The molecule has 1 aromatic heterocycles. The van der Waals surface area contributed by atoms with E-state index in [1.54, 1.807) is 43.3 Å². The highest BCUT2D eigenvalue weighted by Gasteiger charge is 2.48. The van der Waals surface area contributed by atoms with Crippen molar-refractivity contribution >= 4 is 46.0 Å². The molecule has 5 rings (SSSR count). The van der Waals surface area contributed by atoms with Gasteiger partial charge in [0.2, 0.25) is 5.95 Å². The Morgan fingerprint density at radius 3 is 2.53 bits per heavy atom. The first-order valence-electron chi connectivity index (χ1n) is 11.3. The van der Waals surface area contributed by atoms with E-state index >= 15 is 0 Å². The molecule has 0 radical (unpaired) electrons. The first-order valence-corrected chi connectivity index (χ1v) is 11.7.